The largest absolute Gasteiger partial charge is 0.490 e. The number of alkyl halides is 3. The molecular weight excluding hydrogens is 409 g/mol. The molecule has 170 valence electrons. The summed E-state index contributed by atoms with van der Waals surface area (Å²) in [6.45, 7) is 4.25. The Hall–Kier alpha value is -2.11. The lowest BCUT2D eigenvalue weighted by atomic mass is 9.88. The van der Waals surface area contributed by atoms with Gasteiger partial charge in [0.1, 0.15) is 5.76 Å². The number of aliphatic carboxylic acids is 1. The van der Waals surface area contributed by atoms with Gasteiger partial charge in [-0.15, -0.1) is 0 Å². The molecule has 3 atom stereocenters. The lowest BCUT2D eigenvalue weighted by Gasteiger charge is -2.41. The van der Waals surface area contributed by atoms with Gasteiger partial charge in [-0.25, -0.2) is 4.79 Å². The standard InChI is InChI=1S/C17H26N2O4.C2HF3O2/c1-21-9-7-18-11-14-15(12-18)19(6-5-16(14)22-2)17(20)10-13-4-3-8-23-13;3-2(4,5)1(6)7/h3-4,8,14-16H,5-7,9-12H2,1-2H3;(H,6,7)/t14-,15+,16+;/m0./s1. The average molecular weight is 436 g/mol. The number of furan rings is 1. The van der Waals surface area contributed by atoms with Crippen LogP contribution in [0, 0.1) is 5.92 Å². The predicted molar refractivity (Wildman–Crippen MR) is 98.8 cm³/mol. The van der Waals surface area contributed by atoms with Crippen LogP contribution in [0.1, 0.15) is 12.2 Å². The molecule has 0 unspecified atom stereocenters. The first kappa shape index (κ1) is 24.2. The van der Waals surface area contributed by atoms with Crippen LogP contribution in [-0.4, -0.2) is 92.1 Å². The number of carboxylic acids is 1. The van der Waals surface area contributed by atoms with Gasteiger partial charge in [0.25, 0.3) is 0 Å². The van der Waals surface area contributed by atoms with E-state index >= 15 is 0 Å². The van der Waals surface area contributed by atoms with Gasteiger partial charge in [0, 0.05) is 46.3 Å². The molecular formula is C19H27F3N2O6. The summed E-state index contributed by atoms with van der Waals surface area (Å²) in [5, 5.41) is 7.12. The van der Waals surface area contributed by atoms with Crippen LogP contribution in [-0.2, 0) is 25.5 Å². The molecule has 0 aliphatic carbocycles. The molecule has 2 aliphatic heterocycles. The molecule has 3 heterocycles. The van der Waals surface area contributed by atoms with Gasteiger partial charge in [-0.05, 0) is 18.6 Å². The molecule has 1 aromatic heterocycles. The van der Waals surface area contributed by atoms with Crippen molar-refractivity contribution in [3.05, 3.63) is 24.2 Å². The summed E-state index contributed by atoms with van der Waals surface area (Å²) in [6, 6.07) is 3.91. The average Bonchev–Trinajstić information content (AvgIpc) is 3.34. The van der Waals surface area contributed by atoms with Crippen LogP contribution in [0.4, 0.5) is 13.2 Å². The lowest BCUT2D eigenvalue weighted by molar-refractivity contribution is -0.192. The predicted octanol–water partition coefficient (Wildman–Crippen LogP) is 1.65. The fraction of sp³-hybridized carbons (Fsp3) is 0.684. The van der Waals surface area contributed by atoms with Crippen LogP contribution < -0.4 is 0 Å². The minimum atomic E-state index is -5.08. The van der Waals surface area contributed by atoms with Crippen LogP contribution >= 0.6 is 0 Å². The SMILES string of the molecule is COCCN1C[C@H]2[C@@H](C1)N(C(=O)Cc1ccco1)CC[C@H]2OC.O=C(O)C(F)(F)F. The third kappa shape index (κ3) is 6.44. The van der Waals surface area contributed by atoms with E-state index in [-0.39, 0.29) is 18.1 Å². The van der Waals surface area contributed by atoms with E-state index in [0.717, 1.165) is 45.0 Å². The van der Waals surface area contributed by atoms with Crippen molar-refractivity contribution >= 4 is 11.9 Å². The summed E-state index contributed by atoms with van der Waals surface area (Å²) in [6.07, 6.45) is -1.99. The van der Waals surface area contributed by atoms with E-state index in [4.69, 9.17) is 23.8 Å². The number of amides is 1. The zero-order chi connectivity index (χ0) is 22.3. The van der Waals surface area contributed by atoms with Gasteiger partial charge in [0.2, 0.25) is 5.91 Å². The highest BCUT2D eigenvalue weighted by Crippen LogP contribution is 2.32. The second kappa shape index (κ2) is 10.8. The number of hydrogen-bond acceptors (Lipinski definition) is 6. The number of halogens is 3. The molecule has 1 aromatic rings. The van der Waals surface area contributed by atoms with E-state index in [1.807, 2.05) is 17.0 Å². The molecule has 1 N–H and O–H groups in total. The van der Waals surface area contributed by atoms with Gasteiger partial charge in [0.05, 0.1) is 31.4 Å². The van der Waals surface area contributed by atoms with Crippen LogP contribution in [0.15, 0.2) is 22.8 Å². The number of carbonyl (C=O) groups is 2. The number of methoxy groups -OCH3 is 2. The minimum Gasteiger partial charge on any atom is -0.475 e. The molecule has 2 fully saturated rings. The number of likely N-dealkylation sites (tertiary alicyclic amines) is 2. The Morgan fingerprint density at radius 1 is 1.30 bits per heavy atom. The number of fused-ring (bicyclic) bond motifs is 1. The van der Waals surface area contributed by atoms with Gasteiger partial charge in [0.15, 0.2) is 0 Å². The summed E-state index contributed by atoms with van der Waals surface area (Å²) in [5.41, 5.74) is 0. The summed E-state index contributed by atoms with van der Waals surface area (Å²) in [4.78, 5) is 26.0. The van der Waals surface area contributed by atoms with Crippen LogP contribution in [0.3, 0.4) is 0 Å². The van der Waals surface area contributed by atoms with Crippen LogP contribution in [0.25, 0.3) is 0 Å². The van der Waals surface area contributed by atoms with E-state index in [1.165, 1.54) is 0 Å². The Bertz CT molecular complexity index is 682. The maximum absolute atomic E-state index is 12.7. The van der Waals surface area contributed by atoms with Crippen molar-refractivity contribution < 1.29 is 41.8 Å². The third-order valence-electron chi connectivity index (χ3n) is 5.32. The summed E-state index contributed by atoms with van der Waals surface area (Å²) in [7, 11) is 3.50. The molecule has 0 saturated carbocycles. The van der Waals surface area contributed by atoms with Gasteiger partial charge in [-0.3, -0.25) is 9.69 Å². The lowest BCUT2D eigenvalue weighted by Crippen LogP contribution is -2.54. The summed E-state index contributed by atoms with van der Waals surface area (Å²) in [5.74, 6) is -1.49. The van der Waals surface area contributed by atoms with Crippen molar-refractivity contribution in [2.75, 3.05) is 47.0 Å². The van der Waals surface area contributed by atoms with E-state index < -0.39 is 12.1 Å². The fourth-order valence-electron chi connectivity index (χ4n) is 3.90. The second-order valence-corrected chi connectivity index (χ2v) is 7.19. The van der Waals surface area contributed by atoms with E-state index in [9.17, 15) is 18.0 Å². The Morgan fingerprint density at radius 3 is 2.53 bits per heavy atom. The normalized spacial score (nSPS) is 24.2. The molecule has 2 saturated heterocycles. The first-order chi connectivity index (χ1) is 14.2. The number of piperidine rings is 1. The zero-order valence-electron chi connectivity index (χ0n) is 16.9. The molecule has 0 spiro atoms. The Morgan fingerprint density at radius 2 is 2.00 bits per heavy atom. The van der Waals surface area contributed by atoms with Crippen LogP contribution in [0.2, 0.25) is 0 Å². The monoisotopic (exact) mass is 436 g/mol. The number of nitrogens with zero attached hydrogens (tertiary/aromatic N) is 2. The molecule has 2 aliphatic rings. The maximum Gasteiger partial charge on any atom is 0.490 e. The molecule has 8 nitrogen and oxygen atoms in total. The molecule has 30 heavy (non-hydrogen) atoms. The molecule has 0 bridgehead atoms. The van der Waals surface area contributed by atoms with E-state index in [1.54, 1.807) is 20.5 Å². The van der Waals surface area contributed by atoms with Crippen molar-refractivity contribution in [2.24, 2.45) is 5.92 Å². The summed E-state index contributed by atoms with van der Waals surface area (Å²) < 4.78 is 47.9. The molecule has 11 heteroatoms. The van der Waals surface area contributed by atoms with E-state index in [0.29, 0.717) is 12.3 Å². The van der Waals surface area contributed by atoms with Crippen LogP contribution in [0.5, 0.6) is 0 Å². The van der Waals surface area contributed by atoms with Crippen molar-refractivity contribution in [1.82, 2.24) is 9.80 Å². The molecule has 3 rings (SSSR count). The highest BCUT2D eigenvalue weighted by Gasteiger charge is 2.45. The summed E-state index contributed by atoms with van der Waals surface area (Å²) >= 11 is 0. The maximum atomic E-state index is 12.7. The number of hydrogen-bond donors (Lipinski definition) is 1. The van der Waals surface area contributed by atoms with Gasteiger partial charge >= 0.3 is 12.1 Å². The smallest absolute Gasteiger partial charge is 0.475 e. The van der Waals surface area contributed by atoms with Gasteiger partial charge < -0.3 is 23.9 Å². The zero-order valence-corrected chi connectivity index (χ0v) is 16.9. The number of ether oxygens (including phenoxy) is 2. The molecule has 0 aromatic carbocycles. The van der Waals surface area contributed by atoms with Gasteiger partial charge in [-0.1, -0.05) is 0 Å². The van der Waals surface area contributed by atoms with Crippen molar-refractivity contribution in [1.29, 1.82) is 0 Å². The Labute approximate surface area is 172 Å². The quantitative estimate of drug-likeness (QED) is 0.725. The molecule has 0 radical (unpaired) electrons. The van der Waals surface area contributed by atoms with E-state index in [2.05, 4.69) is 4.90 Å². The third-order valence-corrected chi connectivity index (χ3v) is 5.32. The second-order valence-electron chi connectivity index (χ2n) is 7.19. The first-order valence-corrected chi connectivity index (χ1v) is 9.53. The number of carboxylic acid groups (broad SMARTS) is 1. The van der Waals surface area contributed by atoms with Crippen molar-refractivity contribution in [3.63, 3.8) is 0 Å². The fourth-order valence-corrected chi connectivity index (χ4v) is 3.90. The highest BCUT2D eigenvalue weighted by molar-refractivity contribution is 5.78. The number of rotatable bonds is 6. The first-order valence-electron chi connectivity index (χ1n) is 9.53. The molecule has 1 amide bonds. The van der Waals surface area contributed by atoms with Crippen molar-refractivity contribution in [3.8, 4) is 0 Å². The topological polar surface area (TPSA) is 92.5 Å². The Balaban J connectivity index is 0.000000396. The minimum absolute atomic E-state index is 0.151. The van der Waals surface area contributed by atoms with Crippen molar-refractivity contribution in [2.45, 2.75) is 31.2 Å². The number of carbonyl (C=O) groups excluding carboxylic acids is 1. The highest BCUT2D eigenvalue weighted by atomic mass is 19.4. The Kier molecular flexibility index (Phi) is 8.68. The van der Waals surface area contributed by atoms with Gasteiger partial charge in [-0.2, -0.15) is 13.2 Å².